The highest BCUT2D eigenvalue weighted by atomic mass is 19.4. The van der Waals surface area contributed by atoms with Crippen LogP contribution in [0.1, 0.15) is 36.8 Å². The molecule has 0 atom stereocenters. The van der Waals surface area contributed by atoms with Gasteiger partial charge in [-0.1, -0.05) is 12.1 Å². The molecule has 2 saturated heterocycles. The minimum absolute atomic E-state index is 0.114. The molecule has 23 heavy (non-hydrogen) atoms. The van der Waals surface area contributed by atoms with Crippen molar-refractivity contribution >= 4 is 5.91 Å². The highest BCUT2D eigenvalue weighted by Crippen LogP contribution is 2.39. The van der Waals surface area contributed by atoms with Crippen molar-refractivity contribution in [3.05, 3.63) is 35.4 Å². The Bertz CT molecular complexity index is 574. The first-order valence-electron chi connectivity index (χ1n) is 8.07. The van der Waals surface area contributed by atoms with Crippen LogP contribution in [0.4, 0.5) is 13.2 Å². The molecule has 3 nitrogen and oxygen atoms in total. The number of hydrogen-bond acceptors (Lipinski definition) is 2. The standard InChI is InChI=1S/C17H21F3N2O/c18-17(19,20)14-4-1-3-13(11-14)12-22-10-2-5-16(15(22)23)6-8-21-9-7-16/h1,3-4,11,21H,2,5-10,12H2. The monoisotopic (exact) mass is 326 g/mol. The maximum absolute atomic E-state index is 12.9. The van der Waals surface area contributed by atoms with Crippen molar-refractivity contribution in [2.75, 3.05) is 19.6 Å². The van der Waals surface area contributed by atoms with Gasteiger partial charge in [0.05, 0.1) is 11.0 Å². The number of carbonyl (C=O) groups is 1. The molecule has 0 saturated carbocycles. The van der Waals surface area contributed by atoms with Gasteiger partial charge in [0.1, 0.15) is 0 Å². The van der Waals surface area contributed by atoms with Gasteiger partial charge in [-0.3, -0.25) is 4.79 Å². The van der Waals surface area contributed by atoms with E-state index in [1.807, 2.05) is 0 Å². The molecule has 0 bridgehead atoms. The number of amides is 1. The van der Waals surface area contributed by atoms with Crippen molar-refractivity contribution in [2.45, 2.75) is 38.4 Å². The fourth-order valence-electron chi connectivity index (χ4n) is 3.74. The Labute approximate surface area is 133 Å². The molecule has 1 aromatic carbocycles. The summed E-state index contributed by atoms with van der Waals surface area (Å²) in [5.41, 5.74) is -0.416. The molecule has 1 aromatic rings. The van der Waals surface area contributed by atoms with E-state index in [1.54, 1.807) is 11.0 Å². The predicted octanol–water partition coefficient (Wildman–Crippen LogP) is 3.20. The maximum atomic E-state index is 12.9. The second kappa shape index (κ2) is 6.15. The number of rotatable bonds is 2. The zero-order valence-electron chi connectivity index (χ0n) is 13.0. The molecule has 2 aliphatic rings. The lowest BCUT2D eigenvalue weighted by atomic mass is 9.72. The second-order valence-corrected chi connectivity index (χ2v) is 6.56. The van der Waals surface area contributed by atoms with E-state index in [2.05, 4.69) is 5.32 Å². The first-order chi connectivity index (χ1) is 10.9. The average Bonchev–Trinajstić information content (AvgIpc) is 2.53. The third kappa shape index (κ3) is 3.37. The van der Waals surface area contributed by atoms with Crippen molar-refractivity contribution in [3.63, 3.8) is 0 Å². The molecule has 1 spiro atoms. The van der Waals surface area contributed by atoms with E-state index in [0.29, 0.717) is 12.1 Å². The molecule has 126 valence electrons. The number of nitrogens with one attached hydrogen (secondary N) is 1. The van der Waals surface area contributed by atoms with Crippen molar-refractivity contribution in [1.29, 1.82) is 0 Å². The Morgan fingerprint density at radius 2 is 1.91 bits per heavy atom. The highest BCUT2D eigenvalue weighted by Gasteiger charge is 2.44. The Morgan fingerprint density at radius 1 is 1.17 bits per heavy atom. The molecule has 0 aliphatic carbocycles. The Balaban J connectivity index is 1.76. The zero-order chi connectivity index (χ0) is 16.5. The average molecular weight is 326 g/mol. The van der Waals surface area contributed by atoms with E-state index in [1.165, 1.54) is 6.07 Å². The topological polar surface area (TPSA) is 32.3 Å². The number of hydrogen-bond donors (Lipinski definition) is 1. The Kier molecular flexibility index (Phi) is 4.36. The number of piperidine rings is 2. The van der Waals surface area contributed by atoms with Crippen molar-refractivity contribution < 1.29 is 18.0 Å². The number of benzene rings is 1. The summed E-state index contributed by atoms with van der Waals surface area (Å²) in [4.78, 5) is 14.6. The van der Waals surface area contributed by atoms with Crippen LogP contribution in [0, 0.1) is 5.41 Å². The van der Waals surface area contributed by atoms with E-state index in [-0.39, 0.29) is 17.9 Å². The number of nitrogens with zero attached hydrogens (tertiary/aromatic N) is 1. The lowest BCUT2D eigenvalue weighted by molar-refractivity contribution is -0.149. The van der Waals surface area contributed by atoms with E-state index in [9.17, 15) is 18.0 Å². The van der Waals surface area contributed by atoms with Gasteiger partial charge >= 0.3 is 6.18 Å². The fraction of sp³-hybridized carbons (Fsp3) is 0.588. The van der Waals surface area contributed by atoms with Crippen LogP contribution in [-0.4, -0.2) is 30.4 Å². The van der Waals surface area contributed by atoms with Crippen LogP contribution in [0.3, 0.4) is 0 Å². The van der Waals surface area contributed by atoms with Gasteiger partial charge in [0, 0.05) is 13.1 Å². The number of carbonyl (C=O) groups excluding carboxylic acids is 1. The summed E-state index contributed by atoms with van der Waals surface area (Å²) in [6.07, 6.45) is -0.884. The molecule has 1 N–H and O–H groups in total. The SMILES string of the molecule is O=C1N(Cc2cccc(C(F)(F)F)c2)CCCC12CCNCC2. The van der Waals surface area contributed by atoms with E-state index in [4.69, 9.17) is 0 Å². The minimum Gasteiger partial charge on any atom is -0.338 e. The summed E-state index contributed by atoms with van der Waals surface area (Å²) in [5, 5.41) is 3.27. The molecule has 1 amide bonds. The second-order valence-electron chi connectivity index (χ2n) is 6.56. The van der Waals surface area contributed by atoms with Gasteiger partial charge < -0.3 is 10.2 Å². The van der Waals surface area contributed by atoms with Gasteiger partial charge in [0.15, 0.2) is 0 Å². The van der Waals surface area contributed by atoms with Crippen LogP contribution in [0.2, 0.25) is 0 Å². The summed E-state index contributed by atoms with van der Waals surface area (Å²) >= 11 is 0. The first kappa shape index (κ1) is 16.3. The van der Waals surface area contributed by atoms with Crippen molar-refractivity contribution in [3.8, 4) is 0 Å². The van der Waals surface area contributed by atoms with Crippen molar-refractivity contribution in [2.24, 2.45) is 5.41 Å². The molecule has 2 heterocycles. The number of alkyl halides is 3. The Hall–Kier alpha value is -1.56. The molecule has 2 fully saturated rings. The van der Waals surface area contributed by atoms with E-state index >= 15 is 0 Å². The molecular formula is C17H21F3N2O. The van der Waals surface area contributed by atoms with Crippen molar-refractivity contribution in [1.82, 2.24) is 10.2 Å². The molecule has 0 unspecified atom stereocenters. The third-order valence-electron chi connectivity index (χ3n) is 5.01. The van der Waals surface area contributed by atoms with Crippen LogP contribution in [0.5, 0.6) is 0 Å². The van der Waals surface area contributed by atoms with Gasteiger partial charge in [0.2, 0.25) is 5.91 Å². The third-order valence-corrected chi connectivity index (χ3v) is 5.01. The van der Waals surface area contributed by atoms with E-state index in [0.717, 1.165) is 50.9 Å². The van der Waals surface area contributed by atoms with Gasteiger partial charge in [-0.25, -0.2) is 0 Å². The highest BCUT2D eigenvalue weighted by molar-refractivity contribution is 5.83. The lowest BCUT2D eigenvalue weighted by Crippen LogP contribution is -2.52. The summed E-state index contributed by atoms with van der Waals surface area (Å²) < 4.78 is 38.5. The summed E-state index contributed by atoms with van der Waals surface area (Å²) in [6, 6.07) is 5.28. The smallest absolute Gasteiger partial charge is 0.338 e. The van der Waals surface area contributed by atoms with Crippen LogP contribution < -0.4 is 5.32 Å². The molecule has 0 radical (unpaired) electrons. The van der Waals surface area contributed by atoms with Crippen LogP contribution in [-0.2, 0) is 17.5 Å². The van der Waals surface area contributed by atoms with Crippen LogP contribution >= 0.6 is 0 Å². The van der Waals surface area contributed by atoms with Gasteiger partial charge in [-0.15, -0.1) is 0 Å². The molecule has 6 heteroatoms. The van der Waals surface area contributed by atoms with Gasteiger partial charge in [-0.05, 0) is 56.5 Å². The summed E-state index contributed by atoms with van der Waals surface area (Å²) in [5.74, 6) is 0.114. The number of halogens is 3. The molecule has 3 rings (SSSR count). The van der Waals surface area contributed by atoms with Crippen LogP contribution in [0.25, 0.3) is 0 Å². The quantitative estimate of drug-likeness (QED) is 0.905. The maximum Gasteiger partial charge on any atom is 0.416 e. The Morgan fingerprint density at radius 3 is 2.61 bits per heavy atom. The molecule has 0 aromatic heterocycles. The molecule has 2 aliphatic heterocycles. The first-order valence-corrected chi connectivity index (χ1v) is 8.07. The minimum atomic E-state index is -4.35. The van der Waals surface area contributed by atoms with Gasteiger partial charge in [-0.2, -0.15) is 13.2 Å². The largest absolute Gasteiger partial charge is 0.416 e. The molecular weight excluding hydrogens is 305 g/mol. The van der Waals surface area contributed by atoms with Gasteiger partial charge in [0.25, 0.3) is 0 Å². The van der Waals surface area contributed by atoms with E-state index < -0.39 is 11.7 Å². The normalized spacial score (nSPS) is 21.7. The summed E-state index contributed by atoms with van der Waals surface area (Å²) in [7, 11) is 0. The van der Waals surface area contributed by atoms with Crippen LogP contribution in [0.15, 0.2) is 24.3 Å². The summed E-state index contributed by atoms with van der Waals surface area (Å²) in [6.45, 7) is 2.56. The predicted molar refractivity (Wildman–Crippen MR) is 80.6 cm³/mol. The zero-order valence-corrected chi connectivity index (χ0v) is 13.0. The fourth-order valence-corrected chi connectivity index (χ4v) is 3.74. The lowest BCUT2D eigenvalue weighted by Gasteiger charge is -2.44. The number of likely N-dealkylation sites (tertiary alicyclic amines) is 1.